The van der Waals surface area contributed by atoms with Crippen LogP contribution in [0.5, 0.6) is 5.75 Å². The lowest BCUT2D eigenvalue weighted by molar-refractivity contribution is -0.0493. The molecular weight excluding hydrogens is 458 g/mol. The lowest BCUT2D eigenvalue weighted by Crippen LogP contribution is -2.19. The Labute approximate surface area is 180 Å². The van der Waals surface area contributed by atoms with E-state index in [4.69, 9.17) is 11.6 Å². The molecule has 1 aromatic heterocycles. The molecule has 0 aliphatic heterocycles. The van der Waals surface area contributed by atoms with Crippen LogP contribution in [0.15, 0.2) is 41.3 Å². The zero-order valence-electron chi connectivity index (χ0n) is 16.0. The quantitative estimate of drug-likeness (QED) is 0.541. The molecule has 0 aliphatic rings. The molecule has 14 heteroatoms. The van der Waals surface area contributed by atoms with Crippen molar-refractivity contribution in [3.05, 3.63) is 52.5 Å². The van der Waals surface area contributed by atoms with Crippen molar-refractivity contribution in [3.63, 3.8) is 0 Å². The molecule has 0 aliphatic carbocycles. The van der Waals surface area contributed by atoms with Crippen molar-refractivity contribution in [2.75, 3.05) is 10.0 Å². The molecule has 0 saturated heterocycles. The number of tetrazole rings is 1. The lowest BCUT2D eigenvalue weighted by Gasteiger charge is -2.17. The number of nitrogens with zero attached hydrogens (tertiary/aromatic N) is 4. The van der Waals surface area contributed by atoms with E-state index in [9.17, 15) is 22.0 Å². The number of carbonyl (C=O) groups excluding carboxylic acids is 1. The molecule has 1 heterocycles. The lowest BCUT2D eigenvalue weighted by atomic mass is 10.1. The van der Waals surface area contributed by atoms with Gasteiger partial charge in [-0.15, -0.1) is 0 Å². The van der Waals surface area contributed by atoms with Crippen LogP contribution in [0.25, 0.3) is 0 Å². The first kappa shape index (κ1) is 22.4. The number of benzene rings is 2. The summed E-state index contributed by atoms with van der Waals surface area (Å²) in [6, 6.07) is 7.88. The number of carbonyl (C=O) groups is 1. The fraction of sp³-hybridized carbons (Fsp3) is 0.176. The maximum atomic E-state index is 12.8. The van der Waals surface area contributed by atoms with Crippen LogP contribution in [-0.2, 0) is 17.1 Å². The van der Waals surface area contributed by atoms with Crippen molar-refractivity contribution < 1.29 is 26.7 Å². The van der Waals surface area contributed by atoms with E-state index in [1.807, 2.05) is 0 Å². The Bertz CT molecular complexity index is 1220. The Hall–Kier alpha value is -3.32. The van der Waals surface area contributed by atoms with Crippen LogP contribution < -0.4 is 14.8 Å². The zero-order chi connectivity index (χ0) is 22.8. The van der Waals surface area contributed by atoms with Crippen LogP contribution in [-0.4, -0.2) is 41.1 Å². The van der Waals surface area contributed by atoms with Crippen LogP contribution in [0.4, 0.5) is 20.4 Å². The number of aryl methyl sites for hydroxylation is 2. The van der Waals surface area contributed by atoms with Gasteiger partial charge in [0.1, 0.15) is 5.69 Å². The maximum Gasteiger partial charge on any atom is 0.387 e. The molecule has 1 amide bonds. The van der Waals surface area contributed by atoms with Gasteiger partial charge in [-0.05, 0) is 41.6 Å². The highest BCUT2D eigenvalue weighted by Crippen LogP contribution is 2.38. The SMILES string of the molecule is Cc1ccc(S(=O)(=O)Nc2c(OC(F)F)ccc(C(=O)Nc3nnnn3C)c2Cl)cc1. The fourth-order valence-corrected chi connectivity index (χ4v) is 3.87. The molecular formula is C17H15ClF2N6O4S. The first-order valence-corrected chi connectivity index (χ1v) is 10.3. The number of aromatic nitrogens is 4. The minimum absolute atomic E-state index is 0.0178. The second-order valence-corrected chi connectivity index (χ2v) is 8.24. The molecule has 0 saturated carbocycles. The predicted octanol–water partition coefficient (Wildman–Crippen LogP) is 2.83. The van der Waals surface area contributed by atoms with Gasteiger partial charge in [0.2, 0.25) is 5.95 Å². The molecule has 10 nitrogen and oxygen atoms in total. The van der Waals surface area contributed by atoms with Crippen molar-refractivity contribution in [1.29, 1.82) is 0 Å². The number of rotatable bonds is 7. The first-order chi connectivity index (χ1) is 14.6. The van der Waals surface area contributed by atoms with Gasteiger partial charge in [-0.25, -0.2) is 13.1 Å². The van der Waals surface area contributed by atoms with E-state index >= 15 is 0 Å². The number of sulfonamides is 1. The first-order valence-electron chi connectivity index (χ1n) is 8.49. The highest BCUT2D eigenvalue weighted by atomic mass is 35.5. The number of halogens is 3. The minimum Gasteiger partial charge on any atom is -0.433 e. The van der Waals surface area contributed by atoms with Crippen LogP contribution in [0.2, 0.25) is 5.02 Å². The molecule has 31 heavy (non-hydrogen) atoms. The molecule has 3 rings (SSSR count). The molecule has 0 atom stereocenters. The highest BCUT2D eigenvalue weighted by Gasteiger charge is 2.25. The number of hydrogen-bond donors (Lipinski definition) is 2. The third-order valence-electron chi connectivity index (χ3n) is 3.98. The average molecular weight is 473 g/mol. The molecule has 0 unspecified atom stereocenters. The van der Waals surface area contributed by atoms with Gasteiger partial charge in [0.05, 0.1) is 15.5 Å². The number of alkyl halides is 2. The fourth-order valence-electron chi connectivity index (χ4n) is 2.44. The van der Waals surface area contributed by atoms with E-state index in [0.717, 1.165) is 17.7 Å². The average Bonchev–Trinajstić information content (AvgIpc) is 3.09. The van der Waals surface area contributed by atoms with E-state index in [1.165, 1.54) is 23.9 Å². The third-order valence-corrected chi connectivity index (χ3v) is 5.74. The van der Waals surface area contributed by atoms with Crippen LogP contribution in [0, 0.1) is 6.92 Å². The van der Waals surface area contributed by atoms with Crippen LogP contribution in [0.1, 0.15) is 15.9 Å². The summed E-state index contributed by atoms with van der Waals surface area (Å²) in [5, 5.41) is 12.4. The molecule has 0 spiro atoms. The molecule has 164 valence electrons. The van der Waals surface area contributed by atoms with Gasteiger partial charge in [-0.3, -0.25) is 14.8 Å². The van der Waals surface area contributed by atoms with Gasteiger partial charge < -0.3 is 4.74 Å². The topological polar surface area (TPSA) is 128 Å². The minimum atomic E-state index is -4.24. The van der Waals surface area contributed by atoms with E-state index in [0.29, 0.717) is 0 Å². The van der Waals surface area contributed by atoms with Gasteiger partial charge in [0.15, 0.2) is 5.75 Å². The Morgan fingerprint density at radius 1 is 1.19 bits per heavy atom. The number of amides is 1. The number of nitrogens with one attached hydrogen (secondary N) is 2. The number of hydrogen-bond acceptors (Lipinski definition) is 7. The summed E-state index contributed by atoms with van der Waals surface area (Å²) < 4.78 is 58.8. The van der Waals surface area contributed by atoms with E-state index in [1.54, 1.807) is 19.1 Å². The van der Waals surface area contributed by atoms with Gasteiger partial charge in [-0.1, -0.05) is 34.4 Å². The summed E-state index contributed by atoms with van der Waals surface area (Å²) in [6.45, 7) is -1.49. The van der Waals surface area contributed by atoms with Crippen molar-refractivity contribution in [2.45, 2.75) is 18.4 Å². The third kappa shape index (κ3) is 5.06. The van der Waals surface area contributed by atoms with E-state index in [2.05, 4.69) is 30.3 Å². The monoisotopic (exact) mass is 472 g/mol. The summed E-state index contributed by atoms with van der Waals surface area (Å²) in [7, 11) is -2.77. The van der Waals surface area contributed by atoms with Crippen LogP contribution >= 0.6 is 11.6 Å². The summed E-state index contributed by atoms with van der Waals surface area (Å²) >= 11 is 6.22. The highest BCUT2D eigenvalue weighted by molar-refractivity contribution is 7.92. The second kappa shape index (κ2) is 8.81. The Morgan fingerprint density at radius 2 is 1.87 bits per heavy atom. The predicted molar refractivity (Wildman–Crippen MR) is 107 cm³/mol. The smallest absolute Gasteiger partial charge is 0.387 e. The molecule has 2 aromatic carbocycles. The van der Waals surface area contributed by atoms with Crippen LogP contribution in [0.3, 0.4) is 0 Å². The van der Waals surface area contributed by atoms with Crippen molar-refractivity contribution in [3.8, 4) is 5.75 Å². The number of ether oxygens (including phenoxy) is 1. The van der Waals surface area contributed by atoms with Crippen molar-refractivity contribution in [2.24, 2.45) is 7.05 Å². The van der Waals surface area contributed by atoms with Gasteiger partial charge in [-0.2, -0.15) is 8.78 Å². The standard InChI is InChI=1S/C17H15ClF2N6O4S/c1-9-3-5-10(6-4-9)31(28,29)23-14-12(30-16(19)20)8-7-11(13(14)18)15(27)21-17-22-24-25-26(17)2/h3-8,16,23H,1-2H3,(H,21,22,25,27). The number of anilines is 2. The van der Waals surface area contributed by atoms with Gasteiger partial charge in [0, 0.05) is 7.05 Å². The van der Waals surface area contributed by atoms with Gasteiger partial charge >= 0.3 is 6.61 Å². The summed E-state index contributed by atoms with van der Waals surface area (Å²) in [5.74, 6) is -1.38. The maximum absolute atomic E-state index is 12.8. The normalized spacial score (nSPS) is 11.4. The Kier molecular flexibility index (Phi) is 6.36. The van der Waals surface area contributed by atoms with E-state index < -0.39 is 39.0 Å². The summed E-state index contributed by atoms with van der Waals surface area (Å²) in [4.78, 5) is 12.4. The Balaban J connectivity index is 2.01. The van der Waals surface area contributed by atoms with Gasteiger partial charge in [0.25, 0.3) is 15.9 Å². The summed E-state index contributed by atoms with van der Waals surface area (Å²) in [5.41, 5.74) is 0.0646. The van der Waals surface area contributed by atoms with Crippen molar-refractivity contribution >= 4 is 39.2 Å². The molecule has 3 aromatic rings. The molecule has 0 radical (unpaired) electrons. The van der Waals surface area contributed by atoms with E-state index in [-0.39, 0.29) is 16.4 Å². The molecule has 0 fully saturated rings. The second-order valence-electron chi connectivity index (χ2n) is 6.18. The molecule has 2 N–H and O–H groups in total. The van der Waals surface area contributed by atoms with Crippen molar-refractivity contribution in [1.82, 2.24) is 20.2 Å². The Morgan fingerprint density at radius 3 is 2.45 bits per heavy atom. The zero-order valence-corrected chi connectivity index (χ0v) is 17.6. The molecule has 0 bridgehead atoms. The largest absolute Gasteiger partial charge is 0.433 e. The summed E-state index contributed by atoms with van der Waals surface area (Å²) in [6.07, 6.45) is 0.